The molecule has 2 N–H and O–H groups in total. The van der Waals surface area contributed by atoms with E-state index in [0.717, 1.165) is 17.6 Å². The van der Waals surface area contributed by atoms with E-state index >= 15 is 0 Å². The van der Waals surface area contributed by atoms with Crippen molar-refractivity contribution in [2.45, 2.75) is 97.1 Å². The third kappa shape index (κ3) is 8.91. The van der Waals surface area contributed by atoms with Gasteiger partial charge in [0.25, 0.3) is 0 Å². The second kappa shape index (κ2) is 14.4. The van der Waals surface area contributed by atoms with Crippen LogP contribution in [0, 0.1) is 0 Å². The first-order valence-electron chi connectivity index (χ1n) is 10.8. The molecule has 0 aromatic rings. The highest BCUT2D eigenvalue weighted by Crippen LogP contribution is 2.22. The van der Waals surface area contributed by atoms with Gasteiger partial charge in [-0.25, -0.2) is 0 Å². The number of nitrogens with zero attached hydrogens (tertiary/aromatic N) is 1. The fraction of sp³-hybridized carbons (Fsp3) is 0.818. The van der Waals surface area contributed by atoms with Crippen LogP contribution in [-0.2, 0) is 0 Å². The normalized spacial score (nSPS) is 22.8. The van der Waals surface area contributed by atoms with Crippen molar-refractivity contribution in [2.24, 2.45) is 0 Å². The van der Waals surface area contributed by atoms with Crippen molar-refractivity contribution >= 4 is 0 Å². The Morgan fingerprint density at radius 1 is 0.920 bits per heavy atom. The molecule has 0 saturated carbocycles. The van der Waals surface area contributed by atoms with Gasteiger partial charge in [0.15, 0.2) is 6.17 Å². The molecule has 3 heteroatoms. The smallest absolute Gasteiger partial charge is 0.166 e. The van der Waals surface area contributed by atoms with Crippen LogP contribution in [0.25, 0.3) is 0 Å². The molecule has 0 radical (unpaired) electrons. The molecular weight excluding hydrogens is 308 g/mol. The second-order valence-electron chi connectivity index (χ2n) is 7.53. The fourth-order valence-corrected chi connectivity index (χ4v) is 3.85. The average molecular weight is 352 g/mol. The minimum Gasteiger partial charge on any atom is -0.390 e. The molecule has 0 aromatic heterocycles. The molecule has 0 saturated heterocycles. The molecule has 25 heavy (non-hydrogen) atoms. The summed E-state index contributed by atoms with van der Waals surface area (Å²) in [5.74, 6) is 0. The molecule has 0 aromatic carbocycles. The summed E-state index contributed by atoms with van der Waals surface area (Å²) in [5.41, 5.74) is 0. The Labute approximate surface area is 156 Å². The Bertz CT molecular complexity index is 367. The van der Waals surface area contributed by atoms with Gasteiger partial charge in [0.05, 0.1) is 19.4 Å². The zero-order valence-electron chi connectivity index (χ0n) is 16.9. The molecule has 1 aliphatic rings. The molecule has 0 spiro atoms. The van der Waals surface area contributed by atoms with Gasteiger partial charge in [-0.2, -0.15) is 0 Å². The predicted molar refractivity (Wildman–Crippen MR) is 109 cm³/mol. The lowest BCUT2D eigenvalue weighted by Crippen LogP contribution is -2.54. The fourth-order valence-electron chi connectivity index (χ4n) is 3.85. The number of nitrogens with one attached hydrogen (secondary N) is 1. The number of quaternary nitrogens is 1. The first-order chi connectivity index (χ1) is 12.3. The number of aliphatic hydroxyl groups is 1. The van der Waals surface area contributed by atoms with Crippen molar-refractivity contribution in [3.8, 4) is 0 Å². The van der Waals surface area contributed by atoms with E-state index in [2.05, 4.69) is 43.7 Å². The molecule has 2 atom stereocenters. The summed E-state index contributed by atoms with van der Waals surface area (Å²) in [5, 5.41) is 12.8. The number of hydrogen-bond acceptors (Lipinski definition) is 2. The van der Waals surface area contributed by atoms with E-state index < -0.39 is 0 Å². The minimum absolute atomic E-state index is 0.267. The Morgan fingerprint density at radius 2 is 1.56 bits per heavy atom. The van der Waals surface area contributed by atoms with Gasteiger partial charge in [-0.15, -0.1) is 0 Å². The van der Waals surface area contributed by atoms with Crippen LogP contribution in [0.1, 0.15) is 90.9 Å². The lowest BCUT2D eigenvalue weighted by molar-refractivity contribution is -0.900. The standard InChI is InChI=1S/C22H43N2O/c1-3-5-6-7-8-9-10-11-12-13-14-15-16-17-22-23-18-19-24(22,4-2)20-21-25/h8-9,18-19,22-23,25H,3-7,10-17,20-21H2,1-2H3/q+1/b9-8+. The highest BCUT2D eigenvalue weighted by atomic mass is 16.3. The van der Waals surface area contributed by atoms with Crippen LogP contribution >= 0.6 is 0 Å². The molecule has 1 aliphatic heterocycles. The Hall–Kier alpha value is -0.800. The number of likely N-dealkylation sites (N-methyl/N-ethyl adjacent to an activating group) is 1. The average Bonchev–Trinajstić information content (AvgIpc) is 3.02. The minimum atomic E-state index is 0.267. The topological polar surface area (TPSA) is 32.3 Å². The van der Waals surface area contributed by atoms with E-state index in [1.54, 1.807) is 0 Å². The van der Waals surface area contributed by atoms with E-state index in [1.807, 2.05) is 0 Å². The quantitative estimate of drug-likeness (QED) is 0.219. The van der Waals surface area contributed by atoms with Gasteiger partial charge in [-0.05, 0) is 39.0 Å². The number of aliphatic hydroxyl groups excluding tert-OH is 1. The van der Waals surface area contributed by atoms with E-state index in [4.69, 9.17) is 0 Å². The first kappa shape index (κ1) is 22.2. The molecule has 146 valence electrons. The third-order valence-corrected chi connectivity index (χ3v) is 5.63. The van der Waals surface area contributed by atoms with Crippen LogP contribution in [0.2, 0.25) is 0 Å². The number of allylic oxidation sites excluding steroid dienone is 2. The van der Waals surface area contributed by atoms with Crippen LogP contribution in [0.5, 0.6) is 0 Å². The Balaban J connectivity index is 1.97. The maximum absolute atomic E-state index is 9.34. The molecule has 2 unspecified atom stereocenters. The molecule has 0 amide bonds. The highest BCUT2D eigenvalue weighted by molar-refractivity contribution is 4.84. The van der Waals surface area contributed by atoms with Crippen molar-refractivity contribution in [1.29, 1.82) is 0 Å². The van der Waals surface area contributed by atoms with Crippen molar-refractivity contribution < 1.29 is 9.59 Å². The van der Waals surface area contributed by atoms with Gasteiger partial charge in [0.1, 0.15) is 12.7 Å². The molecule has 0 fully saturated rings. The summed E-state index contributed by atoms with van der Waals surface area (Å²) < 4.78 is 0.904. The Kier molecular flexibility index (Phi) is 12.8. The maximum Gasteiger partial charge on any atom is 0.166 e. The van der Waals surface area contributed by atoms with Crippen LogP contribution in [0.4, 0.5) is 0 Å². The number of hydrogen-bond donors (Lipinski definition) is 2. The van der Waals surface area contributed by atoms with Crippen molar-refractivity contribution in [1.82, 2.24) is 5.32 Å². The van der Waals surface area contributed by atoms with Gasteiger partial charge < -0.3 is 10.4 Å². The summed E-state index contributed by atoms with van der Waals surface area (Å²) in [7, 11) is 0. The van der Waals surface area contributed by atoms with E-state index in [1.165, 1.54) is 77.0 Å². The van der Waals surface area contributed by atoms with Crippen molar-refractivity contribution in [3.05, 3.63) is 24.6 Å². The van der Waals surface area contributed by atoms with Gasteiger partial charge in [-0.3, -0.25) is 4.48 Å². The molecule has 0 aliphatic carbocycles. The number of rotatable bonds is 16. The molecule has 0 bridgehead atoms. The summed E-state index contributed by atoms with van der Waals surface area (Å²) >= 11 is 0. The van der Waals surface area contributed by atoms with Gasteiger partial charge in [0, 0.05) is 6.42 Å². The van der Waals surface area contributed by atoms with E-state index in [9.17, 15) is 5.11 Å². The predicted octanol–water partition coefficient (Wildman–Crippen LogP) is 5.47. The molecule has 1 heterocycles. The van der Waals surface area contributed by atoms with Crippen LogP contribution in [0.3, 0.4) is 0 Å². The van der Waals surface area contributed by atoms with Crippen molar-refractivity contribution in [2.75, 3.05) is 19.7 Å². The summed E-state index contributed by atoms with van der Waals surface area (Å²) in [6.45, 7) is 6.64. The number of unbranched alkanes of at least 4 members (excludes halogenated alkanes) is 9. The second-order valence-corrected chi connectivity index (χ2v) is 7.53. The summed E-state index contributed by atoms with van der Waals surface area (Å²) in [6.07, 6.45) is 25.4. The highest BCUT2D eigenvalue weighted by Gasteiger charge is 2.35. The van der Waals surface area contributed by atoms with Crippen molar-refractivity contribution in [3.63, 3.8) is 0 Å². The van der Waals surface area contributed by atoms with E-state index in [0.29, 0.717) is 6.17 Å². The van der Waals surface area contributed by atoms with E-state index in [-0.39, 0.29) is 6.61 Å². The van der Waals surface area contributed by atoms with Gasteiger partial charge >= 0.3 is 0 Å². The van der Waals surface area contributed by atoms with Crippen LogP contribution in [0.15, 0.2) is 24.6 Å². The summed E-state index contributed by atoms with van der Waals surface area (Å²) in [4.78, 5) is 0. The Morgan fingerprint density at radius 3 is 2.20 bits per heavy atom. The van der Waals surface area contributed by atoms with Crippen LogP contribution in [-0.4, -0.2) is 35.5 Å². The largest absolute Gasteiger partial charge is 0.390 e. The zero-order valence-corrected chi connectivity index (χ0v) is 16.9. The third-order valence-electron chi connectivity index (χ3n) is 5.63. The van der Waals surface area contributed by atoms with Gasteiger partial charge in [0.2, 0.25) is 0 Å². The summed E-state index contributed by atoms with van der Waals surface area (Å²) in [6, 6.07) is 0. The van der Waals surface area contributed by atoms with Crippen LogP contribution < -0.4 is 5.32 Å². The zero-order chi connectivity index (χ0) is 18.2. The first-order valence-corrected chi connectivity index (χ1v) is 10.8. The SMILES string of the molecule is CCCCC/C=C/CCCCCCCCC1NC=C[N+]1(CC)CCO. The lowest BCUT2D eigenvalue weighted by Gasteiger charge is -2.36. The molecule has 3 nitrogen and oxygen atoms in total. The maximum atomic E-state index is 9.34. The van der Waals surface area contributed by atoms with Gasteiger partial charge in [-0.1, -0.05) is 57.6 Å². The lowest BCUT2D eigenvalue weighted by atomic mass is 10.1. The molecular formula is C22H43N2O+. The monoisotopic (exact) mass is 351 g/mol. The molecule has 1 rings (SSSR count).